The molecule has 1 aliphatic heterocycles. The number of carbonyl (C=O) groups excluding carboxylic acids is 2. The van der Waals surface area contributed by atoms with Crippen molar-refractivity contribution in [1.29, 1.82) is 0 Å². The highest BCUT2D eigenvalue weighted by Crippen LogP contribution is 2.29. The van der Waals surface area contributed by atoms with Gasteiger partial charge in [-0.05, 0) is 18.3 Å². The summed E-state index contributed by atoms with van der Waals surface area (Å²) < 4.78 is 4.66. The topological polar surface area (TPSA) is 105 Å². The van der Waals surface area contributed by atoms with E-state index in [9.17, 15) is 9.59 Å². The number of rotatable bonds is 5. The normalized spacial score (nSPS) is 17.4. The minimum absolute atomic E-state index is 0.196. The predicted octanol–water partition coefficient (Wildman–Crippen LogP) is 3.45. The van der Waals surface area contributed by atoms with Crippen molar-refractivity contribution in [3.05, 3.63) is 18.0 Å². The predicted molar refractivity (Wildman–Crippen MR) is 109 cm³/mol. The lowest BCUT2D eigenvalue weighted by Crippen LogP contribution is -2.55. The summed E-state index contributed by atoms with van der Waals surface area (Å²) in [6, 6.07) is 0.479. The summed E-state index contributed by atoms with van der Waals surface area (Å²) in [5.41, 5.74) is 1.80. The van der Waals surface area contributed by atoms with Crippen LogP contribution in [0.2, 0.25) is 0 Å². The highest BCUT2D eigenvalue weighted by molar-refractivity contribution is 5.92. The summed E-state index contributed by atoms with van der Waals surface area (Å²) in [7, 11) is 0. The van der Waals surface area contributed by atoms with Crippen LogP contribution in [0.5, 0.6) is 0 Å². The van der Waals surface area contributed by atoms with Crippen molar-refractivity contribution in [2.75, 3.05) is 18.1 Å². The molecule has 0 aromatic carbocycles. The van der Waals surface area contributed by atoms with Gasteiger partial charge in [-0.2, -0.15) is 0 Å². The number of hydrogen-bond donors (Lipinski definition) is 2. The van der Waals surface area contributed by atoms with E-state index in [-0.39, 0.29) is 11.5 Å². The van der Waals surface area contributed by atoms with E-state index in [4.69, 9.17) is 5.21 Å². The third-order valence-electron chi connectivity index (χ3n) is 3.84. The highest BCUT2D eigenvalue weighted by Gasteiger charge is 2.35. The van der Waals surface area contributed by atoms with E-state index in [0.717, 1.165) is 13.0 Å². The van der Waals surface area contributed by atoms with Gasteiger partial charge >= 0.3 is 5.97 Å². The number of carbonyl (C=O) groups is 2. The van der Waals surface area contributed by atoms with E-state index >= 15 is 0 Å². The summed E-state index contributed by atoms with van der Waals surface area (Å²) in [6.45, 7) is 15.5. The molecule has 1 aromatic heterocycles. The lowest BCUT2D eigenvalue weighted by Gasteiger charge is -2.46. The maximum Gasteiger partial charge on any atom is 0.302 e. The molecule has 0 bridgehead atoms. The number of anilines is 1. The van der Waals surface area contributed by atoms with E-state index < -0.39 is 5.91 Å². The molecular weight excluding hydrogens is 360 g/mol. The summed E-state index contributed by atoms with van der Waals surface area (Å²) >= 11 is 0. The Kier molecular flexibility index (Phi) is 12.8. The van der Waals surface area contributed by atoms with Crippen LogP contribution >= 0.6 is 0 Å². The molecule has 1 amide bonds. The summed E-state index contributed by atoms with van der Waals surface area (Å²) in [5, 5.41) is 8.47. The van der Waals surface area contributed by atoms with Gasteiger partial charge < -0.3 is 9.64 Å². The number of ether oxygens (including phenoxy) is 1. The molecule has 0 spiro atoms. The van der Waals surface area contributed by atoms with Crippen LogP contribution in [0.3, 0.4) is 0 Å². The number of hydroxylamine groups is 1. The lowest BCUT2D eigenvalue weighted by atomic mass is 9.89. The fourth-order valence-corrected chi connectivity index (χ4v) is 2.52. The fourth-order valence-electron chi connectivity index (χ4n) is 2.52. The standard InChI is InChI=1S/C11H16N4O2.C6H12O2.C3H8/c1-3-9-7(2)6-15(9)11-12-4-8(5-13-11)10(16)14-17;1-5(2)4-8-6(3)7;1-3-2/h4-5,7,9,17H,3,6H2,1-2H3,(H,14,16);5H,4H2,1-3H3;3H2,1-2H3. The molecule has 8 heteroatoms. The first-order valence-corrected chi connectivity index (χ1v) is 9.88. The van der Waals surface area contributed by atoms with E-state index in [1.807, 2.05) is 13.8 Å². The quantitative estimate of drug-likeness (QED) is 0.446. The first-order chi connectivity index (χ1) is 13.2. The number of esters is 1. The molecule has 0 saturated carbocycles. The molecule has 0 radical (unpaired) electrons. The Balaban J connectivity index is 0.000000558. The first-order valence-electron chi connectivity index (χ1n) is 9.88. The van der Waals surface area contributed by atoms with Crippen LogP contribution in [0.25, 0.3) is 0 Å². The molecule has 1 saturated heterocycles. The number of aromatic nitrogens is 2. The molecule has 1 fully saturated rings. The van der Waals surface area contributed by atoms with E-state index in [2.05, 4.69) is 47.3 Å². The number of nitrogens with zero attached hydrogens (tertiary/aromatic N) is 3. The van der Waals surface area contributed by atoms with E-state index in [0.29, 0.717) is 30.4 Å². The molecule has 2 heterocycles. The SMILES string of the molecule is CC(=O)OCC(C)C.CCC.CCC1C(C)CN1c1ncc(C(=O)NO)cn1. The van der Waals surface area contributed by atoms with Gasteiger partial charge in [0.1, 0.15) is 0 Å². The van der Waals surface area contributed by atoms with Gasteiger partial charge in [0, 0.05) is 31.9 Å². The van der Waals surface area contributed by atoms with Gasteiger partial charge in [0.2, 0.25) is 5.95 Å². The van der Waals surface area contributed by atoms with Crippen molar-refractivity contribution in [3.63, 3.8) is 0 Å². The third kappa shape index (κ3) is 9.12. The van der Waals surface area contributed by atoms with Gasteiger partial charge in [-0.1, -0.05) is 48.0 Å². The van der Waals surface area contributed by atoms with E-state index in [1.165, 1.54) is 25.7 Å². The van der Waals surface area contributed by atoms with Crippen LogP contribution in [0.15, 0.2) is 12.4 Å². The number of amides is 1. The molecule has 2 rings (SSSR count). The Hall–Kier alpha value is -2.22. The largest absolute Gasteiger partial charge is 0.466 e. The summed E-state index contributed by atoms with van der Waals surface area (Å²) in [5.74, 6) is 0.951. The van der Waals surface area contributed by atoms with Crippen molar-refractivity contribution < 1.29 is 19.5 Å². The molecule has 2 atom stereocenters. The highest BCUT2D eigenvalue weighted by atomic mass is 16.5. The van der Waals surface area contributed by atoms with Crippen molar-refractivity contribution >= 4 is 17.8 Å². The molecule has 8 nitrogen and oxygen atoms in total. The van der Waals surface area contributed by atoms with Gasteiger partial charge in [-0.3, -0.25) is 14.8 Å². The van der Waals surface area contributed by atoms with Crippen LogP contribution < -0.4 is 10.4 Å². The molecule has 160 valence electrons. The minimum Gasteiger partial charge on any atom is -0.466 e. The second kappa shape index (κ2) is 13.9. The van der Waals surface area contributed by atoms with E-state index in [1.54, 1.807) is 5.48 Å². The Bertz CT molecular complexity index is 578. The van der Waals surface area contributed by atoms with Crippen molar-refractivity contribution in [1.82, 2.24) is 15.4 Å². The number of nitrogens with one attached hydrogen (secondary N) is 1. The van der Waals surface area contributed by atoms with Crippen LogP contribution in [0.4, 0.5) is 5.95 Å². The zero-order valence-electron chi connectivity index (χ0n) is 18.2. The zero-order valence-corrected chi connectivity index (χ0v) is 18.2. The van der Waals surface area contributed by atoms with Gasteiger partial charge in [0.15, 0.2) is 0 Å². The van der Waals surface area contributed by atoms with Crippen molar-refractivity contribution in [2.45, 2.75) is 67.3 Å². The fraction of sp³-hybridized carbons (Fsp3) is 0.700. The average Bonchev–Trinajstić information content (AvgIpc) is 2.65. The van der Waals surface area contributed by atoms with Crippen LogP contribution in [-0.2, 0) is 9.53 Å². The van der Waals surface area contributed by atoms with Crippen LogP contribution in [-0.4, -0.2) is 46.2 Å². The molecule has 1 aliphatic rings. The summed E-state index contributed by atoms with van der Waals surface area (Å²) in [6.07, 6.45) is 5.15. The number of hydrogen-bond acceptors (Lipinski definition) is 7. The van der Waals surface area contributed by atoms with Gasteiger partial charge in [-0.15, -0.1) is 0 Å². The Morgan fingerprint density at radius 1 is 1.29 bits per heavy atom. The zero-order chi connectivity index (χ0) is 21.7. The second-order valence-electron chi connectivity index (χ2n) is 7.22. The van der Waals surface area contributed by atoms with Crippen molar-refractivity contribution in [2.24, 2.45) is 11.8 Å². The second-order valence-corrected chi connectivity index (χ2v) is 7.22. The molecule has 28 heavy (non-hydrogen) atoms. The Labute approximate surface area is 168 Å². The van der Waals surface area contributed by atoms with Crippen LogP contribution in [0.1, 0.15) is 71.7 Å². The van der Waals surface area contributed by atoms with Gasteiger partial charge in [-0.25, -0.2) is 15.4 Å². The molecular formula is C20H36N4O4. The third-order valence-corrected chi connectivity index (χ3v) is 3.84. The van der Waals surface area contributed by atoms with Gasteiger partial charge in [0.05, 0.1) is 12.2 Å². The molecule has 0 aliphatic carbocycles. The lowest BCUT2D eigenvalue weighted by molar-refractivity contribution is -0.141. The maximum atomic E-state index is 11.1. The monoisotopic (exact) mass is 396 g/mol. The first kappa shape index (κ1) is 25.8. The van der Waals surface area contributed by atoms with Gasteiger partial charge in [0.25, 0.3) is 5.91 Å². The molecule has 2 N–H and O–H groups in total. The smallest absolute Gasteiger partial charge is 0.302 e. The Morgan fingerprint density at radius 3 is 2.14 bits per heavy atom. The molecule has 1 aromatic rings. The molecule has 2 unspecified atom stereocenters. The summed E-state index contributed by atoms with van der Waals surface area (Å²) in [4.78, 5) is 31.6. The Morgan fingerprint density at radius 2 is 1.82 bits per heavy atom. The maximum absolute atomic E-state index is 11.1. The minimum atomic E-state index is -0.597. The van der Waals surface area contributed by atoms with Crippen molar-refractivity contribution in [3.8, 4) is 0 Å². The van der Waals surface area contributed by atoms with Crippen LogP contribution in [0, 0.1) is 11.8 Å². The average molecular weight is 397 g/mol.